The second-order valence-electron chi connectivity index (χ2n) is 5.72. The van der Waals surface area contributed by atoms with E-state index in [-0.39, 0.29) is 6.04 Å². The van der Waals surface area contributed by atoms with Gasteiger partial charge in [0.05, 0.1) is 38.6 Å². The fourth-order valence-corrected chi connectivity index (χ4v) is 3.43. The van der Waals surface area contributed by atoms with Crippen LogP contribution in [0.25, 0.3) is 0 Å². The molecule has 4 rings (SSSR count). The Morgan fingerprint density at radius 1 is 1.28 bits per heavy atom. The molecule has 4 heterocycles. The van der Waals surface area contributed by atoms with Gasteiger partial charge in [0, 0.05) is 24.3 Å². The van der Waals surface area contributed by atoms with E-state index < -0.39 is 0 Å². The zero-order valence-corrected chi connectivity index (χ0v) is 14.5. The average Bonchev–Trinajstić information content (AvgIpc) is 3.35. The molecule has 0 bridgehead atoms. The molecule has 1 atom stereocenters. The van der Waals surface area contributed by atoms with Crippen molar-refractivity contribution in [2.75, 3.05) is 25.1 Å². The van der Waals surface area contributed by atoms with E-state index in [0.717, 1.165) is 42.1 Å². The highest BCUT2D eigenvalue weighted by atomic mass is 32.1. The van der Waals surface area contributed by atoms with E-state index in [9.17, 15) is 0 Å². The Balaban J connectivity index is 1.47. The molecule has 0 amide bonds. The largest absolute Gasteiger partial charge is 0.467 e. The van der Waals surface area contributed by atoms with Crippen molar-refractivity contribution in [2.45, 2.75) is 19.1 Å². The van der Waals surface area contributed by atoms with Crippen molar-refractivity contribution in [1.29, 1.82) is 0 Å². The lowest BCUT2D eigenvalue weighted by Gasteiger charge is -2.33. The lowest BCUT2D eigenvalue weighted by Crippen LogP contribution is -2.39. The van der Waals surface area contributed by atoms with Crippen molar-refractivity contribution in [3.63, 3.8) is 0 Å². The summed E-state index contributed by atoms with van der Waals surface area (Å²) in [6, 6.07) is 5.70. The summed E-state index contributed by atoms with van der Waals surface area (Å²) in [6.45, 7) is 3.54. The van der Waals surface area contributed by atoms with Gasteiger partial charge in [-0.1, -0.05) is 0 Å². The van der Waals surface area contributed by atoms with E-state index in [0.29, 0.717) is 13.2 Å². The quantitative estimate of drug-likeness (QED) is 0.727. The van der Waals surface area contributed by atoms with E-state index in [1.165, 1.54) is 0 Å². The molecule has 1 saturated heterocycles. The first-order valence-electron chi connectivity index (χ1n) is 8.18. The standard InChI is InChI=1S/C17H19N5O2S/c1-2-13(24-7-1)10-20-15-3-4-19-17(21-15)14-12-23-8-6-22(14)11-16-18-5-9-25-16/h1-5,7,9,14H,6,8,10-12H2,(H,19,20,21)/t14-/m1/s1. The molecule has 25 heavy (non-hydrogen) atoms. The van der Waals surface area contributed by atoms with Gasteiger partial charge in [-0.15, -0.1) is 11.3 Å². The molecule has 1 fully saturated rings. The van der Waals surface area contributed by atoms with Crippen molar-refractivity contribution in [2.24, 2.45) is 0 Å². The van der Waals surface area contributed by atoms with Crippen LogP contribution in [0.5, 0.6) is 0 Å². The van der Waals surface area contributed by atoms with Crippen LogP contribution >= 0.6 is 11.3 Å². The molecule has 3 aromatic rings. The second kappa shape index (κ2) is 7.73. The summed E-state index contributed by atoms with van der Waals surface area (Å²) < 4.78 is 11.0. The smallest absolute Gasteiger partial charge is 0.150 e. The number of hydrogen-bond donors (Lipinski definition) is 1. The fourth-order valence-electron chi connectivity index (χ4n) is 2.79. The molecule has 1 aliphatic rings. The normalized spacial score (nSPS) is 18.3. The highest BCUT2D eigenvalue weighted by Gasteiger charge is 2.27. The van der Waals surface area contributed by atoms with Gasteiger partial charge in [-0.2, -0.15) is 0 Å². The third-order valence-corrected chi connectivity index (χ3v) is 4.82. The number of anilines is 1. The highest BCUT2D eigenvalue weighted by Crippen LogP contribution is 2.24. The molecule has 130 valence electrons. The first kappa shape index (κ1) is 16.2. The van der Waals surface area contributed by atoms with E-state index in [1.54, 1.807) is 23.8 Å². The molecule has 1 N–H and O–H groups in total. The lowest BCUT2D eigenvalue weighted by atomic mass is 10.2. The van der Waals surface area contributed by atoms with E-state index in [4.69, 9.17) is 9.15 Å². The Morgan fingerprint density at radius 2 is 2.28 bits per heavy atom. The van der Waals surface area contributed by atoms with E-state index >= 15 is 0 Å². The second-order valence-corrected chi connectivity index (χ2v) is 6.70. The molecule has 0 aliphatic carbocycles. The first-order valence-corrected chi connectivity index (χ1v) is 9.06. The summed E-state index contributed by atoms with van der Waals surface area (Å²) in [5.41, 5.74) is 0. The number of nitrogens with one attached hydrogen (secondary N) is 1. The minimum atomic E-state index is 0.0306. The minimum absolute atomic E-state index is 0.0306. The van der Waals surface area contributed by atoms with Gasteiger partial charge in [-0.25, -0.2) is 15.0 Å². The van der Waals surface area contributed by atoms with Crippen LogP contribution < -0.4 is 5.32 Å². The van der Waals surface area contributed by atoms with Crippen LogP contribution in [-0.4, -0.2) is 39.6 Å². The van der Waals surface area contributed by atoms with Crippen molar-refractivity contribution in [3.8, 4) is 0 Å². The Labute approximate surface area is 149 Å². The average molecular weight is 357 g/mol. The fraction of sp³-hybridized carbons (Fsp3) is 0.353. The molecule has 0 unspecified atom stereocenters. The molecule has 7 nitrogen and oxygen atoms in total. The van der Waals surface area contributed by atoms with Crippen LogP contribution in [0, 0.1) is 0 Å². The predicted molar refractivity (Wildman–Crippen MR) is 94.2 cm³/mol. The van der Waals surface area contributed by atoms with Gasteiger partial charge in [0.1, 0.15) is 22.4 Å². The summed E-state index contributed by atoms with van der Waals surface area (Å²) in [4.78, 5) is 15.9. The maximum absolute atomic E-state index is 5.67. The SMILES string of the molecule is c1coc(CNc2ccnc([C@H]3COCCN3Cc3nccs3)n2)c1. The molecule has 0 aromatic carbocycles. The van der Waals surface area contributed by atoms with Gasteiger partial charge < -0.3 is 14.5 Å². The van der Waals surface area contributed by atoms with Crippen molar-refractivity contribution >= 4 is 17.2 Å². The molecule has 0 saturated carbocycles. The Bertz CT molecular complexity index is 778. The molecule has 3 aromatic heterocycles. The van der Waals surface area contributed by atoms with Crippen LogP contribution in [0.2, 0.25) is 0 Å². The highest BCUT2D eigenvalue weighted by molar-refractivity contribution is 7.09. The van der Waals surface area contributed by atoms with Gasteiger partial charge in [-0.05, 0) is 18.2 Å². The topological polar surface area (TPSA) is 76.3 Å². The molecule has 0 spiro atoms. The zero-order valence-electron chi connectivity index (χ0n) is 13.7. The van der Waals surface area contributed by atoms with Gasteiger partial charge in [-0.3, -0.25) is 4.90 Å². The van der Waals surface area contributed by atoms with Crippen LogP contribution in [0.1, 0.15) is 22.6 Å². The summed E-state index contributed by atoms with van der Waals surface area (Å²) in [6.07, 6.45) is 5.28. The van der Waals surface area contributed by atoms with Gasteiger partial charge in [0.15, 0.2) is 0 Å². The molecular weight excluding hydrogens is 338 g/mol. The van der Waals surface area contributed by atoms with Crippen LogP contribution in [0.4, 0.5) is 5.82 Å². The summed E-state index contributed by atoms with van der Waals surface area (Å²) in [5.74, 6) is 2.41. The third kappa shape index (κ3) is 4.04. The Kier molecular flexibility index (Phi) is 5.01. The van der Waals surface area contributed by atoms with E-state index in [2.05, 4.69) is 25.2 Å². The molecular formula is C17H19N5O2S. The Morgan fingerprint density at radius 3 is 3.12 bits per heavy atom. The number of hydrogen-bond acceptors (Lipinski definition) is 8. The summed E-state index contributed by atoms with van der Waals surface area (Å²) in [7, 11) is 0. The molecule has 1 aliphatic heterocycles. The molecule has 8 heteroatoms. The number of aromatic nitrogens is 3. The summed E-state index contributed by atoms with van der Waals surface area (Å²) >= 11 is 1.67. The zero-order chi connectivity index (χ0) is 16.9. The van der Waals surface area contributed by atoms with Crippen molar-refractivity contribution in [1.82, 2.24) is 19.9 Å². The third-order valence-electron chi connectivity index (χ3n) is 4.06. The number of ether oxygens (including phenoxy) is 1. The van der Waals surface area contributed by atoms with Crippen LogP contribution in [0.15, 0.2) is 46.7 Å². The lowest BCUT2D eigenvalue weighted by molar-refractivity contribution is -0.0159. The molecule has 0 radical (unpaired) electrons. The predicted octanol–water partition coefficient (Wildman–Crippen LogP) is 2.71. The number of rotatable bonds is 6. The van der Waals surface area contributed by atoms with Crippen LogP contribution in [0.3, 0.4) is 0 Å². The van der Waals surface area contributed by atoms with Gasteiger partial charge in [0.25, 0.3) is 0 Å². The number of nitrogens with zero attached hydrogens (tertiary/aromatic N) is 4. The number of furan rings is 1. The van der Waals surface area contributed by atoms with Crippen molar-refractivity contribution in [3.05, 3.63) is 58.8 Å². The summed E-state index contributed by atoms with van der Waals surface area (Å²) in [5, 5.41) is 6.37. The number of thiazole rings is 1. The van der Waals surface area contributed by atoms with Crippen molar-refractivity contribution < 1.29 is 9.15 Å². The van der Waals surface area contributed by atoms with Crippen LogP contribution in [-0.2, 0) is 17.8 Å². The Hall–Kier alpha value is -2.29. The minimum Gasteiger partial charge on any atom is -0.467 e. The first-order chi connectivity index (χ1) is 12.4. The van der Waals surface area contributed by atoms with Gasteiger partial charge >= 0.3 is 0 Å². The van der Waals surface area contributed by atoms with E-state index in [1.807, 2.05) is 29.8 Å². The maximum atomic E-state index is 5.67. The number of morpholine rings is 1. The monoisotopic (exact) mass is 357 g/mol. The maximum Gasteiger partial charge on any atom is 0.150 e. The van der Waals surface area contributed by atoms with Gasteiger partial charge in [0.2, 0.25) is 0 Å².